The van der Waals surface area contributed by atoms with Crippen LogP contribution in [0.25, 0.3) is 0 Å². The van der Waals surface area contributed by atoms with Crippen LogP contribution in [0.1, 0.15) is 34.6 Å². The quantitative estimate of drug-likeness (QED) is 0.718. The first-order chi connectivity index (χ1) is 13.9. The van der Waals surface area contributed by atoms with Crippen LogP contribution < -0.4 is 10.1 Å². The summed E-state index contributed by atoms with van der Waals surface area (Å²) in [5, 5.41) is 2.95. The normalized spacial score (nSPS) is 13.8. The number of carbonyl (C=O) groups excluding carboxylic acids is 4. The standard InChI is InChI=1S/C21H20N2O6/c1-13(2)18(22-17(24)12-28-14-8-4-3-5-9-14)21(27)29-23-19(25)15-10-6-7-11-16(15)20(23)26/h3-11,13,18H,12H2,1-2H3,(H,22,24)/t18-/m0/s1. The largest absolute Gasteiger partial charge is 0.484 e. The van der Waals surface area contributed by atoms with Gasteiger partial charge in [0.1, 0.15) is 11.8 Å². The van der Waals surface area contributed by atoms with E-state index in [1.807, 2.05) is 6.07 Å². The Morgan fingerprint density at radius 3 is 2.03 bits per heavy atom. The van der Waals surface area contributed by atoms with Crippen molar-refractivity contribution in [3.05, 3.63) is 65.7 Å². The fourth-order valence-corrected chi connectivity index (χ4v) is 2.78. The van der Waals surface area contributed by atoms with E-state index in [9.17, 15) is 19.2 Å². The van der Waals surface area contributed by atoms with Crippen LogP contribution in [0.3, 0.4) is 0 Å². The van der Waals surface area contributed by atoms with E-state index in [1.165, 1.54) is 12.1 Å². The highest BCUT2D eigenvalue weighted by Gasteiger charge is 2.40. The number of nitrogens with one attached hydrogen (secondary N) is 1. The van der Waals surface area contributed by atoms with Crippen LogP contribution in [0, 0.1) is 5.92 Å². The summed E-state index contributed by atoms with van der Waals surface area (Å²) in [6.07, 6.45) is 0. The van der Waals surface area contributed by atoms with E-state index in [-0.39, 0.29) is 23.7 Å². The third-order valence-electron chi connectivity index (χ3n) is 4.29. The fourth-order valence-electron chi connectivity index (χ4n) is 2.78. The number of hydroxylamine groups is 2. The minimum Gasteiger partial charge on any atom is -0.484 e. The number of fused-ring (bicyclic) bond motifs is 1. The molecule has 2 aromatic rings. The molecule has 1 atom stereocenters. The second-order valence-electron chi connectivity index (χ2n) is 6.75. The predicted octanol–water partition coefficient (Wildman–Crippen LogP) is 1.96. The Balaban J connectivity index is 1.62. The van der Waals surface area contributed by atoms with Crippen molar-refractivity contribution in [1.82, 2.24) is 10.4 Å². The molecule has 0 bridgehead atoms. The molecule has 0 spiro atoms. The van der Waals surface area contributed by atoms with Crippen molar-refractivity contribution in [3.8, 4) is 5.75 Å². The van der Waals surface area contributed by atoms with Crippen molar-refractivity contribution in [3.63, 3.8) is 0 Å². The zero-order chi connectivity index (χ0) is 21.0. The Hall–Kier alpha value is -3.68. The third kappa shape index (κ3) is 4.43. The van der Waals surface area contributed by atoms with Crippen molar-refractivity contribution in [1.29, 1.82) is 0 Å². The monoisotopic (exact) mass is 396 g/mol. The number of rotatable bonds is 7. The lowest BCUT2D eigenvalue weighted by Gasteiger charge is -2.22. The zero-order valence-corrected chi connectivity index (χ0v) is 16.0. The van der Waals surface area contributed by atoms with Gasteiger partial charge < -0.3 is 14.9 Å². The van der Waals surface area contributed by atoms with E-state index in [1.54, 1.807) is 50.2 Å². The Bertz CT molecular complexity index is 906. The van der Waals surface area contributed by atoms with Gasteiger partial charge in [-0.15, -0.1) is 0 Å². The van der Waals surface area contributed by atoms with Gasteiger partial charge in [0, 0.05) is 0 Å². The maximum atomic E-state index is 12.6. The molecule has 8 heteroatoms. The summed E-state index contributed by atoms with van der Waals surface area (Å²) in [6, 6.07) is 13.9. The average molecular weight is 396 g/mol. The Morgan fingerprint density at radius 1 is 0.931 bits per heavy atom. The molecule has 0 fully saturated rings. The van der Waals surface area contributed by atoms with Gasteiger partial charge in [-0.2, -0.15) is 0 Å². The van der Waals surface area contributed by atoms with Crippen molar-refractivity contribution in [2.75, 3.05) is 6.61 Å². The Labute approximate surface area is 167 Å². The molecule has 0 aromatic heterocycles. The fraction of sp³-hybridized carbons (Fsp3) is 0.238. The first-order valence-electron chi connectivity index (χ1n) is 9.05. The SMILES string of the molecule is CC(C)[C@H](NC(=O)COc1ccccc1)C(=O)ON1C(=O)c2ccccc2C1=O. The van der Waals surface area contributed by atoms with Gasteiger partial charge in [-0.3, -0.25) is 14.4 Å². The third-order valence-corrected chi connectivity index (χ3v) is 4.29. The van der Waals surface area contributed by atoms with E-state index in [2.05, 4.69) is 5.32 Å². The first-order valence-corrected chi connectivity index (χ1v) is 9.05. The van der Waals surface area contributed by atoms with Gasteiger partial charge in [0.05, 0.1) is 11.1 Å². The number of benzene rings is 2. The minimum atomic E-state index is -1.06. The van der Waals surface area contributed by atoms with Crippen LogP contribution in [-0.4, -0.2) is 41.4 Å². The van der Waals surface area contributed by atoms with Gasteiger partial charge in [-0.1, -0.05) is 49.2 Å². The molecule has 0 saturated carbocycles. The zero-order valence-electron chi connectivity index (χ0n) is 16.0. The summed E-state index contributed by atoms with van der Waals surface area (Å²) in [5.74, 6) is -2.73. The summed E-state index contributed by atoms with van der Waals surface area (Å²) in [4.78, 5) is 54.5. The van der Waals surface area contributed by atoms with Crippen molar-refractivity contribution < 1.29 is 28.8 Å². The van der Waals surface area contributed by atoms with Crippen molar-refractivity contribution in [2.24, 2.45) is 5.92 Å². The molecule has 8 nitrogen and oxygen atoms in total. The van der Waals surface area contributed by atoms with Crippen LogP contribution in [0.4, 0.5) is 0 Å². The second-order valence-corrected chi connectivity index (χ2v) is 6.75. The van der Waals surface area contributed by atoms with E-state index < -0.39 is 29.7 Å². The number of carbonyl (C=O) groups is 4. The molecule has 1 aliphatic rings. The molecule has 0 aliphatic carbocycles. The van der Waals surface area contributed by atoms with E-state index in [0.717, 1.165) is 0 Å². The molecular formula is C21H20N2O6. The van der Waals surface area contributed by atoms with E-state index in [0.29, 0.717) is 10.8 Å². The predicted molar refractivity (Wildman–Crippen MR) is 102 cm³/mol. The number of amides is 3. The molecule has 3 rings (SSSR count). The number of imide groups is 1. The van der Waals surface area contributed by atoms with Crippen LogP contribution >= 0.6 is 0 Å². The number of hydrogen-bond donors (Lipinski definition) is 1. The van der Waals surface area contributed by atoms with E-state index >= 15 is 0 Å². The van der Waals surface area contributed by atoms with E-state index in [4.69, 9.17) is 9.57 Å². The van der Waals surface area contributed by atoms with Gasteiger partial charge in [0.2, 0.25) is 0 Å². The molecule has 1 heterocycles. The topological polar surface area (TPSA) is 102 Å². The minimum absolute atomic E-state index is 0.159. The van der Waals surface area contributed by atoms with Crippen LogP contribution in [0.15, 0.2) is 54.6 Å². The van der Waals surface area contributed by atoms with Gasteiger partial charge >= 0.3 is 5.97 Å². The summed E-state index contributed by atoms with van der Waals surface area (Å²) < 4.78 is 5.36. The number of nitrogens with zero attached hydrogens (tertiary/aromatic N) is 1. The number of ether oxygens (including phenoxy) is 1. The molecule has 2 aromatic carbocycles. The average Bonchev–Trinajstić information content (AvgIpc) is 2.96. The van der Waals surface area contributed by atoms with Gasteiger partial charge in [0.25, 0.3) is 17.7 Å². The lowest BCUT2D eigenvalue weighted by molar-refractivity contribution is -0.173. The highest BCUT2D eigenvalue weighted by molar-refractivity contribution is 6.20. The van der Waals surface area contributed by atoms with Gasteiger partial charge in [0.15, 0.2) is 6.61 Å². The molecular weight excluding hydrogens is 376 g/mol. The smallest absolute Gasteiger partial charge is 0.355 e. The Kier molecular flexibility index (Phi) is 5.92. The van der Waals surface area contributed by atoms with Crippen LogP contribution in [0.5, 0.6) is 5.75 Å². The first kappa shape index (κ1) is 20.1. The summed E-state index contributed by atoms with van der Waals surface area (Å²) >= 11 is 0. The molecule has 0 radical (unpaired) electrons. The second kappa shape index (κ2) is 8.55. The van der Waals surface area contributed by atoms with Crippen LogP contribution in [0.2, 0.25) is 0 Å². The summed E-state index contributed by atoms with van der Waals surface area (Å²) in [6.45, 7) is 3.10. The highest BCUT2D eigenvalue weighted by Crippen LogP contribution is 2.23. The molecule has 150 valence electrons. The molecule has 1 aliphatic heterocycles. The molecule has 3 amide bonds. The maximum Gasteiger partial charge on any atom is 0.355 e. The number of hydrogen-bond acceptors (Lipinski definition) is 6. The summed E-state index contributed by atoms with van der Waals surface area (Å²) in [7, 11) is 0. The molecule has 0 unspecified atom stereocenters. The summed E-state index contributed by atoms with van der Waals surface area (Å²) in [5.41, 5.74) is 0.318. The highest BCUT2D eigenvalue weighted by atomic mass is 16.7. The number of para-hydroxylation sites is 1. The lowest BCUT2D eigenvalue weighted by Crippen LogP contribution is -2.49. The molecule has 0 saturated heterocycles. The Morgan fingerprint density at radius 2 is 1.48 bits per heavy atom. The van der Waals surface area contributed by atoms with Crippen molar-refractivity contribution >= 4 is 23.7 Å². The van der Waals surface area contributed by atoms with Gasteiger partial charge in [-0.25, -0.2) is 4.79 Å². The lowest BCUT2D eigenvalue weighted by atomic mass is 10.0. The maximum absolute atomic E-state index is 12.6. The van der Waals surface area contributed by atoms with Crippen LogP contribution in [-0.2, 0) is 14.4 Å². The molecule has 29 heavy (non-hydrogen) atoms. The van der Waals surface area contributed by atoms with Gasteiger partial charge in [-0.05, 0) is 30.2 Å². The van der Waals surface area contributed by atoms with Crippen molar-refractivity contribution in [2.45, 2.75) is 19.9 Å². The molecule has 1 N–H and O–H groups in total.